The molecule has 2 amide bonds. The molecule has 6 nitrogen and oxygen atoms in total. The minimum Gasteiger partial charge on any atom is -0.454 e. The maximum atomic E-state index is 12.7. The van der Waals surface area contributed by atoms with E-state index in [1.165, 1.54) is 24.3 Å². The number of urea groups is 1. The van der Waals surface area contributed by atoms with Crippen molar-refractivity contribution in [2.75, 3.05) is 17.5 Å². The van der Waals surface area contributed by atoms with Crippen molar-refractivity contribution in [2.24, 2.45) is 0 Å². The number of amides is 2. The van der Waals surface area contributed by atoms with Crippen LogP contribution >= 0.6 is 0 Å². The normalized spacial score (nSPS) is 11.9. The van der Waals surface area contributed by atoms with Gasteiger partial charge in [0.05, 0.1) is 5.69 Å². The summed E-state index contributed by atoms with van der Waals surface area (Å²) in [6.45, 7) is 0.178. The predicted octanol–water partition coefficient (Wildman–Crippen LogP) is 2.70. The van der Waals surface area contributed by atoms with Crippen LogP contribution in [0.2, 0.25) is 0 Å². The summed E-state index contributed by atoms with van der Waals surface area (Å²) in [6, 6.07) is 10.2. The second-order valence-corrected chi connectivity index (χ2v) is 4.28. The molecule has 0 aromatic heterocycles. The van der Waals surface area contributed by atoms with E-state index in [2.05, 4.69) is 16.2 Å². The lowest BCUT2D eigenvalue weighted by molar-refractivity contribution is 0.174. The minimum atomic E-state index is -0.460. The van der Waals surface area contributed by atoms with Crippen molar-refractivity contribution in [1.29, 1.82) is 0 Å². The van der Waals surface area contributed by atoms with Crippen LogP contribution in [0.1, 0.15) is 0 Å². The lowest BCUT2D eigenvalue weighted by Gasteiger charge is -2.10. The molecule has 1 aliphatic rings. The molecule has 0 spiro atoms. The van der Waals surface area contributed by atoms with Crippen molar-refractivity contribution >= 4 is 17.4 Å². The van der Waals surface area contributed by atoms with Crippen LogP contribution in [0.4, 0.5) is 20.6 Å². The SMILES string of the molecule is O=C(NNc1ccc(F)cc1)Nc1ccc2c(c1)OCO2. The van der Waals surface area contributed by atoms with E-state index in [0.29, 0.717) is 22.9 Å². The lowest BCUT2D eigenvalue weighted by Crippen LogP contribution is -2.33. The summed E-state index contributed by atoms with van der Waals surface area (Å²) in [5, 5.41) is 2.63. The molecule has 0 radical (unpaired) electrons. The molecule has 3 rings (SSSR count). The van der Waals surface area contributed by atoms with E-state index in [9.17, 15) is 9.18 Å². The van der Waals surface area contributed by atoms with Crippen molar-refractivity contribution in [2.45, 2.75) is 0 Å². The van der Waals surface area contributed by atoms with E-state index in [1.54, 1.807) is 18.2 Å². The fourth-order valence-corrected chi connectivity index (χ4v) is 1.80. The first-order valence-corrected chi connectivity index (χ1v) is 6.19. The van der Waals surface area contributed by atoms with Crippen LogP contribution in [0, 0.1) is 5.82 Å². The molecule has 108 valence electrons. The van der Waals surface area contributed by atoms with Crippen LogP contribution in [0.5, 0.6) is 11.5 Å². The zero-order valence-corrected chi connectivity index (χ0v) is 10.9. The average Bonchev–Trinajstić information content (AvgIpc) is 2.94. The van der Waals surface area contributed by atoms with Crippen LogP contribution in [-0.4, -0.2) is 12.8 Å². The van der Waals surface area contributed by atoms with E-state index < -0.39 is 6.03 Å². The van der Waals surface area contributed by atoms with Gasteiger partial charge in [0.2, 0.25) is 6.79 Å². The molecular formula is C14H12FN3O3. The summed E-state index contributed by atoms with van der Waals surface area (Å²) in [7, 11) is 0. The van der Waals surface area contributed by atoms with Crippen molar-refractivity contribution < 1.29 is 18.7 Å². The quantitative estimate of drug-likeness (QED) is 0.760. The molecular weight excluding hydrogens is 277 g/mol. The van der Waals surface area contributed by atoms with Crippen LogP contribution in [0.3, 0.4) is 0 Å². The number of anilines is 2. The Labute approximate surface area is 119 Å². The van der Waals surface area contributed by atoms with Gasteiger partial charge in [-0.15, -0.1) is 0 Å². The number of rotatable bonds is 3. The monoisotopic (exact) mass is 289 g/mol. The molecule has 0 atom stereocenters. The van der Waals surface area contributed by atoms with Crippen molar-refractivity contribution in [3.05, 3.63) is 48.3 Å². The van der Waals surface area contributed by atoms with Gasteiger partial charge in [0, 0.05) is 11.8 Å². The van der Waals surface area contributed by atoms with E-state index in [-0.39, 0.29) is 12.6 Å². The standard InChI is InChI=1S/C14H12FN3O3/c15-9-1-3-10(4-2-9)17-18-14(19)16-11-5-6-12-13(7-11)21-8-20-12/h1-7,17H,8H2,(H2,16,18,19). The van der Waals surface area contributed by atoms with Gasteiger partial charge in [-0.25, -0.2) is 9.18 Å². The summed E-state index contributed by atoms with van der Waals surface area (Å²) in [5.41, 5.74) is 6.23. The van der Waals surface area contributed by atoms with Crippen LogP contribution in [-0.2, 0) is 0 Å². The second kappa shape index (κ2) is 5.58. The molecule has 0 bridgehead atoms. The zero-order chi connectivity index (χ0) is 14.7. The van der Waals surface area contributed by atoms with Gasteiger partial charge >= 0.3 is 6.03 Å². The van der Waals surface area contributed by atoms with Crippen LogP contribution < -0.4 is 25.6 Å². The van der Waals surface area contributed by atoms with Crippen LogP contribution in [0.15, 0.2) is 42.5 Å². The van der Waals surface area contributed by atoms with E-state index in [4.69, 9.17) is 9.47 Å². The molecule has 2 aromatic carbocycles. The third kappa shape index (κ3) is 3.14. The fourth-order valence-electron chi connectivity index (χ4n) is 1.80. The van der Waals surface area contributed by atoms with Gasteiger partial charge in [-0.2, -0.15) is 0 Å². The Bertz CT molecular complexity index is 661. The van der Waals surface area contributed by atoms with Gasteiger partial charge < -0.3 is 14.8 Å². The summed E-state index contributed by atoms with van der Waals surface area (Å²) in [6.07, 6.45) is 0. The lowest BCUT2D eigenvalue weighted by atomic mass is 10.3. The largest absolute Gasteiger partial charge is 0.454 e. The maximum Gasteiger partial charge on any atom is 0.337 e. The van der Waals surface area contributed by atoms with Gasteiger partial charge in [0.25, 0.3) is 0 Å². The Hall–Kier alpha value is -2.96. The highest BCUT2D eigenvalue weighted by Crippen LogP contribution is 2.34. The van der Waals surface area contributed by atoms with Crippen LogP contribution in [0.25, 0.3) is 0 Å². The number of ether oxygens (including phenoxy) is 2. The topological polar surface area (TPSA) is 71.6 Å². The molecule has 0 fully saturated rings. The predicted molar refractivity (Wildman–Crippen MR) is 74.7 cm³/mol. The number of benzene rings is 2. The minimum absolute atomic E-state index is 0.178. The molecule has 3 N–H and O–H groups in total. The molecule has 0 saturated heterocycles. The summed E-state index contributed by atoms with van der Waals surface area (Å²) in [5.74, 6) is 0.884. The number of hydrogen-bond acceptors (Lipinski definition) is 4. The zero-order valence-electron chi connectivity index (χ0n) is 10.9. The Morgan fingerprint density at radius 2 is 1.71 bits per heavy atom. The van der Waals surface area contributed by atoms with Gasteiger partial charge in [0.15, 0.2) is 11.5 Å². The van der Waals surface area contributed by atoms with Gasteiger partial charge in [0.1, 0.15) is 5.82 Å². The Kier molecular flexibility index (Phi) is 3.46. The highest BCUT2D eigenvalue weighted by atomic mass is 19.1. The molecule has 1 aliphatic heterocycles. The Morgan fingerprint density at radius 1 is 1.00 bits per heavy atom. The van der Waals surface area contributed by atoms with E-state index in [1.807, 2.05) is 0 Å². The van der Waals surface area contributed by atoms with E-state index >= 15 is 0 Å². The molecule has 2 aromatic rings. The summed E-state index contributed by atoms with van der Waals surface area (Å²) in [4.78, 5) is 11.7. The molecule has 1 heterocycles. The first-order chi connectivity index (χ1) is 10.2. The average molecular weight is 289 g/mol. The molecule has 21 heavy (non-hydrogen) atoms. The number of halogens is 1. The maximum absolute atomic E-state index is 12.7. The van der Waals surface area contributed by atoms with Crippen molar-refractivity contribution in [3.8, 4) is 11.5 Å². The Morgan fingerprint density at radius 3 is 2.52 bits per heavy atom. The van der Waals surface area contributed by atoms with Crippen molar-refractivity contribution in [3.63, 3.8) is 0 Å². The number of carbonyl (C=O) groups excluding carboxylic acids is 1. The van der Waals surface area contributed by atoms with E-state index in [0.717, 1.165) is 0 Å². The molecule has 0 saturated carbocycles. The summed E-state index contributed by atoms with van der Waals surface area (Å²) >= 11 is 0. The number of carbonyl (C=O) groups is 1. The Balaban J connectivity index is 1.55. The molecule has 7 heteroatoms. The molecule has 0 aliphatic carbocycles. The van der Waals surface area contributed by atoms with Gasteiger partial charge in [-0.3, -0.25) is 10.9 Å². The summed E-state index contributed by atoms with van der Waals surface area (Å²) < 4.78 is 23.1. The highest BCUT2D eigenvalue weighted by molar-refractivity contribution is 5.90. The van der Waals surface area contributed by atoms with Gasteiger partial charge in [-0.05, 0) is 36.4 Å². The number of hydrazine groups is 1. The fraction of sp³-hybridized carbons (Fsp3) is 0.0714. The smallest absolute Gasteiger partial charge is 0.337 e. The first kappa shape index (κ1) is 13.0. The van der Waals surface area contributed by atoms with Gasteiger partial charge in [-0.1, -0.05) is 0 Å². The number of nitrogens with one attached hydrogen (secondary N) is 3. The third-order valence-corrected chi connectivity index (χ3v) is 2.80. The number of fused-ring (bicyclic) bond motifs is 1. The molecule has 0 unspecified atom stereocenters. The third-order valence-electron chi connectivity index (χ3n) is 2.80. The van der Waals surface area contributed by atoms with Crippen molar-refractivity contribution in [1.82, 2.24) is 5.43 Å². The first-order valence-electron chi connectivity index (χ1n) is 6.19. The second-order valence-electron chi connectivity index (χ2n) is 4.28. The number of hydrogen-bond donors (Lipinski definition) is 3. The highest BCUT2D eigenvalue weighted by Gasteiger charge is 2.13.